The fraction of sp³-hybridized carbons (Fsp3) is 0.667. The molecule has 0 amide bonds. The zero-order chi connectivity index (χ0) is 11.2. The van der Waals surface area contributed by atoms with Gasteiger partial charge in [-0.25, -0.2) is 9.97 Å². The largest absolute Gasteiger partial charge is 0.381 e. The van der Waals surface area contributed by atoms with Crippen LogP contribution in [-0.2, 0) is 11.3 Å². The molecule has 0 bridgehead atoms. The topological polar surface area (TPSA) is 47.0 Å². The van der Waals surface area contributed by atoms with Crippen molar-refractivity contribution in [3.05, 3.63) is 23.8 Å². The second-order valence-electron chi connectivity index (χ2n) is 4.29. The molecule has 2 heterocycles. The van der Waals surface area contributed by atoms with E-state index in [1.807, 2.05) is 19.2 Å². The third kappa shape index (κ3) is 3.54. The van der Waals surface area contributed by atoms with Gasteiger partial charge in [0, 0.05) is 26.0 Å². The van der Waals surface area contributed by atoms with Gasteiger partial charge in [-0.3, -0.25) is 0 Å². The average Bonchev–Trinajstić information content (AvgIpc) is 2.77. The van der Waals surface area contributed by atoms with Crippen molar-refractivity contribution in [3.8, 4) is 0 Å². The van der Waals surface area contributed by atoms with Gasteiger partial charge in [0.2, 0.25) is 0 Å². The summed E-state index contributed by atoms with van der Waals surface area (Å²) >= 11 is 0. The minimum Gasteiger partial charge on any atom is -0.381 e. The number of aromatic nitrogens is 2. The summed E-state index contributed by atoms with van der Waals surface area (Å²) in [6.07, 6.45) is 4.22. The number of nitrogens with zero attached hydrogens (tertiary/aromatic N) is 2. The van der Waals surface area contributed by atoms with Crippen molar-refractivity contribution in [2.24, 2.45) is 5.92 Å². The van der Waals surface area contributed by atoms with Crippen LogP contribution in [0.15, 0.2) is 12.3 Å². The van der Waals surface area contributed by atoms with Crippen LogP contribution < -0.4 is 5.32 Å². The Morgan fingerprint density at radius 3 is 3.25 bits per heavy atom. The highest BCUT2D eigenvalue weighted by Gasteiger charge is 2.14. The van der Waals surface area contributed by atoms with Crippen LogP contribution in [0.25, 0.3) is 0 Å². The Kier molecular flexibility index (Phi) is 4.25. The molecule has 1 N–H and O–H groups in total. The summed E-state index contributed by atoms with van der Waals surface area (Å²) in [5.74, 6) is 1.59. The van der Waals surface area contributed by atoms with Crippen LogP contribution in [0.5, 0.6) is 0 Å². The van der Waals surface area contributed by atoms with Crippen LogP contribution in [-0.4, -0.2) is 29.7 Å². The van der Waals surface area contributed by atoms with Gasteiger partial charge in [0.15, 0.2) is 0 Å². The standard InChI is InChI=1S/C12H19N3O/c1-10-14-6-3-12(15-10)8-13-5-2-11-4-7-16-9-11/h3,6,11,13H,2,4-5,7-9H2,1H3. The summed E-state index contributed by atoms with van der Waals surface area (Å²) in [6, 6.07) is 1.96. The Bertz CT molecular complexity index is 324. The van der Waals surface area contributed by atoms with Crippen LogP contribution in [0, 0.1) is 12.8 Å². The molecule has 16 heavy (non-hydrogen) atoms. The maximum absolute atomic E-state index is 5.34. The van der Waals surface area contributed by atoms with E-state index in [0.717, 1.165) is 43.7 Å². The predicted octanol–water partition coefficient (Wildman–Crippen LogP) is 1.30. The molecule has 1 fully saturated rings. The Labute approximate surface area is 96.4 Å². The van der Waals surface area contributed by atoms with Gasteiger partial charge in [0.25, 0.3) is 0 Å². The number of ether oxygens (including phenoxy) is 1. The van der Waals surface area contributed by atoms with Crippen molar-refractivity contribution < 1.29 is 4.74 Å². The third-order valence-corrected chi connectivity index (χ3v) is 2.89. The number of hydrogen-bond donors (Lipinski definition) is 1. The molecule has 0 spiro atoms. The lowest BCUT2D eigenvalue weighted by Gasteiger charge is -2.08. The maximum atomic E-state index is 5.34. The SMILES string of the molecule is Cc1nccc(CNCCC2CCOC2)n1. The minimum absolute atomic E-state index is 0.750. The second kappa shape index (κ2) is 5.92. The Hall–Kier alpha value is -1.00. The predicted molar refractivity (Wildman–Crippen MR) is 62.0 cm³/mol. The quantitative estimate of drug-likeness (QED) is 0.761. The molecule has 1 aromatic heterocycles. The van der Waals surface area contributed by atoms with Crippen molar-refractivity contribution in [2.45, 2.75) is 26.3 Å². The van der Waals surface area contributed by atoms with Crippen LogP contribution >= 0.6 is 0 Å². The molecule has 0 aliphatic carbocycles. The van der Waals surface area contributed by atoms with Crippen molar-refractivity contribution in [1.82, 2.24) is 15.3 Å². The molecular weight excluding hydrogens is 202 g/mol. The molecule has 1 atom stereocenters. The van der Waals surface area contributed by atoms with Gasteiger partial charge < -0.3 is 10.1 Å². The molecule has 0 radical (unpaired) electrons. The molecule has 1 saturated heterocycles. The highest BCUT2D eigenvalue weighted by molar-refractivity contribution is 5.00. The first-order valence-corrected chi connectivity index (χ1v) is 5.91. The van der Waals surface area contributed by atoms with E-state index >= 15 is 0 Å². The number of hydrogen-bond acceptors (Lipinski definition) is 4. The third-order valence-electron chi connectivity index (χ3n) is 2.89. The summed E-state index contributed by atoms with van der Waals surface area (Å²) in [6.45, 7) is 5.66. The van der Waals surface area contributed by atoms with Gasteiger partial charge in [-0.05, 0) is 38.3 Å². The lowest BCUT2D eigenvalue weighted by atomic mass is 10.1. The molecule has 1 aromatic rings. The van der Waals surface area contributed by atoms with Gasteiger partial charge in [-0.1, -0.05) is 0 Å². The normalized spacial score (nSPS) is 20.2. The molecular formula is C12H19N3O. The second-order valence-corrected chi connectivity index (χ2v) is 4.29. The zero-order valence-electron chi connectivity index (χ0n) is 9.78. The summed E-state index contributed by atoms with van der Waals surface area (Å²) in [5, 5.41) is 3.41. The average molecular weight is 221 g/mol. The van der Waals surface area contributed by atoms with Gasteiger partial charge in [-0.15, -0.1) is 0 Å². The van der Waals surface area contributed by atoms with Gasteiger partial charge in [-0.2, -0.15) is 0 Å². The number of rotatable bonds is 5. The van der Waals surface area contributed by atoms with Crippen molar-refractivity contribution in [2.75, 3.05) is 19.8 Å². The van der Waals surface area contributed by atoms with E-state index in [0.29, 0.717) is 0 Å². The summed E-state index contributed by atoms with van der Waals surface area (Å²) in [4.78, 5) is 8.42. The molecule has 1 aliphatic rings. The molecule has 1 aliphatic heterocycles. The smallest absolute Gasteiger partial charge is 0.125 e. The minimum atomic E-state index is 0.750. The van der Waals surface area contributed by atoms with Crippen molar-refractivity contribution in [1.29, 1.82) is 0 Å². The van der Waals surface area contributed by atoms with E-state index < -0.39 is 0 Å². The molecule has 1 unspecified atom stereocenters. The lowest BCUT2D eigenvalue weighted by Crippen LogP contribution is -2.18. The van der Waals surface area contributed by atoms with E-state index in [-0.39, 0.29) is 0 Å². The maximum Gasteiger partial charge on any atom is 0.125 e. The molecule has 88 valence electrons. The van der Waals surface area contributed by atoms with Crippen molar-refractivity contribution in [3.63, 3.8) is 0 Å². The monoisotopic (exact) mass is 221 g/mol. The first-order valence-electron chi connectivity index (χ1n) is 5.91. The van der Waals surface area contributed by atoms with E-state index in [2.05, 4.69) is 15.3 Å². The van der Waals surface area contributed by atoms with Crippen LogP contribution in [0.1, 0.15) is 24.4 Å². The van der Waals surface area contributed by atoms with Crippen molar-refractivity contribution >= 4 is 0 Å². The van der Waals surface area contributed by atoms with Crippen LogP contribution in [0.2, 0.25) is 0 Å². The van der Waals surface area contributed by atoms with Gasteiger partial charge >= 0.3 is 0 Å². The molecule has 4 heteroatoms. The van der Waals surface area contributed by atoms with Gasteiger partial charge in [0.05, 0.1) is 5.69 Å². The zero-order valence-corrected chi connectivity index (χ0v) is 9.78. The molecule has 4 nitrogen and oxygen atoms in total. The number of nitrogens with one attached hydrogen (secondary N) is 1. The van der Waals surface area contributed by atoms with E-state index in [4.69, 9.17) is 4.74 Å². The Balaban J connectivity index is 1.64. The van der Waals surface area contributed by atoms with E-state index in [1.54, 1.807) is 0 Å². The number of aryl methyl sites for hydroxylation is 1. The summed E-state index contributed by atoms with van der Waals surface area (Å²) in [7, 11) is 0. The van der Waals surface area contributed by atoms with E-state index in [1.165, 1.54) is 12.8 Å². The van der Waals surface area contributed by atoms with E-state index in [9.17, 15) is 0 Å². The highest BCUT2D eigenvalue weighted by Crippen LogP contribution is 2.15. The summed E-state index contributed by atoms with van der Waals surface area (Å²) < 4.78 is 5.34. The Morgan fingerprint density at radius 2 is 2.50 bits per heavy atom. The van der Waals surface area contributed by atoms with Crippen LogP contribution in [0.3, 0.4) is 0 Å². The van der Waals surface area contributed by atoms with Crippen LogP contribution in [0.4, 0.5) is 0 Å². The Morgan fingerprint density at radius 1 is 1.56 bits per heavy atom. The first-order chi connectivity index (χ1) is 7.84. The first kappa shape index (κ1) is 11.5. The fourth-order valence-corrected chi connectivity index (χ4v) is 1.94. The molecule has 0 aromatic carbocycles. The highest BCUT2D eigenvalue weighted by atomic mass is 16.5. The molecule has 0 saturated carbocycles. The fourth-order valence-electron chi connectivity index (χ4n) is 1.94. The summed E-state index contributed by atoms with van der Waals surface area (Å²) in [5.41, 5.74) is 1.06. The van der Waals surface area contributed by atoms with Gasteiger partial charge in [0.1, 0.15) is 5.82 Å². The molecule has 2 rings (SSSR count). The lowest BCUT2D eigenvalue weighted by molar-refractivity contribution is 0.184.